The number of nitrogens with one attached hydrogen (secondary N) is 1. The fraction of sp³-hybridized carbons (Fsp3) is 0.640. The van der Waals surface area contributed by atoms with Crippen LogP contribution in [0.4, 0.5) is 8.78 Å². The van der Waals surface area contributed by atoms with Crippen LogP contribution in [0.2, 0.25) is 0 Å². The molecule has 0 aromatic heterocycles. The minimum absolute atomic E-state index is 0.0161. The van der Waals surface area contributed by atoms with Crippen molar-refractivity contribution in [2.24, 2.45) is 17.3 Å². The first-order valence-electron chi connectivity index (χ1n) is 12.0. The molecule has 1 aromatic rings. The number of carbonyl (C=O) groups excluding carboxylic acids is 3. The SMILES string of the molecule is CCCCC(CCC)C(=O)OC1CC12CNCC(CN1C(=O)c3ccccc3C1=O)C2(F)F. The summed E-state index contributed by atoms with van der Waals surface area (Å²) in [5, 5.41) is 3.04. The van der Waals surface area contributed by atoms with Gasteiger partial charge in [0.1, 0.15) is 6.10 Å². The number of hydrogen-bond donors (Lipinski definition) is 1. The highest BCUT2D eigenvalue weighted by atomic mass is 19.3. The smallest absolute Gasteiger partial charge is 0.309 e. The second-order valence-electron chi connectivity index (χ2n) is 9.63. The zero-order chi connectivity index (χ0) is 23.8. The van der Waals surface area contributed by atoms with E-state index < -0.39 is 35.2 Å². The van der Waals surface area contributed by atoms with Crippen LogP contribution in [0, 0.1) is 17.3 Å². The summed E-state index contributed by atoms with van der Waals surface area (Å²) in [5.74, 6) is -6.14. The Kier molecular flexibility index (Phi) is 6.58. The molecule has 4 rings (SSSR count). The molecule has 1 spiro atoms. The van der Waals surface area contributed by atoms with Crippen molar-refractivity contribution >= 4 is 17.8 Å². The molecule has 1 saturated carbocycles. The molecule has 1 saturated heterocycles. The maximum Gasteiger partial charge on any atom is 0.309 e. The third-order valence-corrected chi connectivity index (χ3v) is 7.43. The van der Waals surface area contributed by atoms with Crippen LogP contribution in [-0.2, 0) is 9.53 Å². The topological polar surface area (TPSA) is 75.7 Å². The van der Waals surface area contributed by atoms with Crippen LogP contribution in [0.1, 0.15) is 73.1 Å². The van der Waals surface area contributed by atoms with E-state index in [9.17, 15) is 14.4 Å². The van der Waals surface area contributed by atoms with E-state index in [1.54, 1.807) is 12.1 Å². The van der Waals surface area contributed by atoms with Gasteiger partial charge in [0, 0.05) is 26.1 Å². The average Bonchev–Trinajstić information content (AvgIpc) is 3.44. The van der Waals surface area contributed by atoms with E-state index >= 15 is 8.78 Å². The van der Waals surface area contributed by atoms with Crippen LogP contribution < -0.4 is 5.32 Å². The largest absolute Gasteiger partial charge is 0.461 e. The lowest BCUT2D eigenvalue weighted by Gasteiger charge is -2.40. The van der Waals surface area contributed by atoms with Gasteiger partial charge in [-0.15, -0.1) is 0 Å². The lowest BCUT2D eigenvalue weighted by molar-refractivity contribution is -0.169. The number of imide groups is 1. The van der Waals surface area contributed by atoms with Crippen LogP contribution in [0.5, 0.6) is 0 Å². The predicted octanol–water partition coefficient (Wildman–Crippen LogP) is 4.05. The van der Waals surface area contributed by atoms with Gasteiger partial charge in [0.05, 0.1) is 28.4 Å². The van der Waals surface area contributed by atoms with Crippen molar-refractivity contribution in [2.45, 2.75) is 64.4 Å². The zero-order valence-corrected chi connectivity index (χ0v) is 19.2. The summed E-state index contributed by atoms with van der Waals surface area (Å²) >= 11 is 0. The first kappa shape index (κ1) is 23.8. The second kappa shape index (κ2) is 9.12. The van der Waals surface area contributed by atoms with Gasteiger partial charge in [0.2, 0.25) is 0 Å². The normalized spacial score (nSPS) is 28.7. The van der Waals surface area contributed by atoms with Gasteiger partial charge in [-0.25, -0.2) is 8.78 Å². The fourth-order valence-electron chi connectivity index (χ4n) is 5.31. The lowest BCUT2D eigenvalue weighted by Crippen LogP contribution is -2.58. The molecule has 2 amide bonds. The molecule has 33 heavy (non-hydrogen) atoms. The number of fused-ring (bicyclic) bond motifs is 1. The highest BCUT2D eigenvalue weighted by molar-refractivity contribution is 6.21. The molecule has 2 fully saturated rings. The summed E-state index contributed by atoms with van der Waals surface area (Å²) in [5.41, 5.74) is -0.987. The minimum Gasteiger partial charge on any atom is -0.461 e. The lowest BCUT2D eigenvalue weighted by atomic mass is 9.82. The number of unbranched alkanes of at least 4 members (excludes halogenated alkanes) is 1. The molecule has 0 radical (unpaired) electrons. The van der Waals surface area contributed by atoms with Crippen molar-refractivity contribution in [1.82, 2.24) is 10.2 Å². The first-order valence-corrected chi connectivity index (χ1v) is 12.0. The van der Waals surface area contributed by atoms with Gasteiger partial charge in [-0.3, -0.25) is 19.3 Å². The summed E-state index contributed by atoms with van der Waals surface area (Å²) in [4.78, 5) is 39.0. The van der Waals surface area contributed by atoms with E-state index in [0.717, 1.165) is 24.2 Å². The van der Waals surface area contributed by atoms with E-state index in [4.69, 9.17) is 4.74 Å². The van der Waals surface area contributed by atoms with Gasteiger partial charge in [-0.05, 0) is 25.0 Å². The Bertz CT molecular complexity index is 902. The molecule has 6 nitrogen and oxygen atoms in total. The first-order chi connectivity index (χ1) is 15.8. The summed E-state index contributed by atoms with van der Waals surface area (Å²) < 4.78 is 37.0. The van der Waals surface area contributed by atoms with Crippen LogP contribution in [-0.4, -0.2) is 54.3 Å². The third kappa shape index (κ3) is 4.07. The van der Waals surface area contributed by atoms with E-state index in [-0.39, 0.29) is 49.1 Å². The maximum atomic E-state index is 15.7. The number of piperidine rings is 1. The Morgan fingerprint density at radius 1 is 1.15 bits per heavy atom. The van der Waals surface area contributed by atoms with Crippen LogP contribution >= 0.6 is 0 Å². The van der Waals surface area contributed by atoms with E-state index in [2.05, 4.69) is 5.32 Å². The Hall–Kier alpha value is -2.35. The zero-order valence-electron chi connectivity index (χ0n) is 19.2. The minimum atomic E-state index is -3.18. The number of rotatable bonds is 9. The predicted molar refractivity (Wildman–Crippen MR) is 118 cm³/mol. The molecular weight excluding hydrogens is 430 g/mol. The Balaban J connectivity index is 1.44. The van der Waals surface area contributed by atoms with Crippen LogP contribution in [0.3, 0.4) is 0 Å². The Morgan fingerprint density at radius 3 is 2.42 bits per heavy atom. The van der Waals surface area contributed by atoms with Crippen molar-refractivity contribution in [1.29, 1.82) is 0 Å². The number of amides is 2. The maximum absolute atomic E-state index is 15.7. The molecule has 4 unspecified atom stereocenters. The second-order valence-corrected chi connectivity index (χ2v) is 9.63. The molecule has 0 bridgehead atoms. The number of nitrogens with zero attached hydrogens (tertiary/aromatic N) is 1. The number of halogens is 2. The Labute approximate surface area is 193 Å². The van der Waals surface area contributed by atoms with E-state index in [0.29, 0.717) is 12.8 Å². The van der Waals surface area contributed by atoms with Crippen molar-refractivity contribution in [2.75, 3.05) is 19.6 Å². The standard InChI is InChI=1S/C25H32F2N2O4/c1-3-5-9-16(8-4-2)23(32)33-20-12-24(20)15-28-13-17(25(24,26)27)14-29-21(30)18-10-6-7-11-19(18)22(29)31/h6-7,10-11,16-17,20,28H,3-5,8-9,12-15H2,1-2H3. The monoisotopic (exact) mass is 462 g/mol. The fourth-order valence-corrected chi connectivity index (χ4v) is 5.31. The summed E-state index contributed by atoms with van der Waals surface area (Å²) in [6.45, 7) is 3.70. The van der Waals surface area contributed by atoms with Crippen molar-refractivity contribution in [3.05, 3.63) is 35.4 Å². The van der Waals surface area contributed by atoms with E-state index in [1.165, 1.54) is 12.1 Å². The molecule has 2 heterocycles. The summed E-state index contributed by atoms with van der Waals surface area (Å²) in [6.07, 6.45) is 3.33. The summed E-state index contributed by atoms with van der Waals surface area (Å²) in [7, 11) is 0. The quantitative estimate of drug-likeness (QED) is 0.443. The number of carbonyl (C=O) groups is 3. The van der Waals surface area contributed by atoms with Gasteiger partial charge in [0.15, 0.2) is 0 Å². The average molecular weight is 463 g/mol. The highest BCUT2D eigenvalue weighted by Gasteiger charge is 2.75. The molecule has 4 atom stereocenters. The van der Waals surface area contributed by atoms with Crippen molar-refractivity contribution in [3.8, 4) is 0 Å². The molecule has 2 aliphatic heterocycles. The number of hydrogen-bond acceptors (Lipinski definition) is 5. The number of benzene rings is 1. The molecule has 3 aliphatic rings. The van der Waals surface area contributed by atoms with E-state index in [1.807, 2.05) is 13.8 Å². The molecule has 1 aromatic carbocycles. The van der Waals surface area contributed by atoms with Crippen LogP contribution in [0.25, 0.3) is 0 Å². The van der Waals surface area contributed by atoms with Gasteiger partial charge in [0.25, 0.3) is 17.7 Å². The number of esters is 1. The number of ether oxygens (including phenoxy) is 1. The highest BCUT2D eigenvalue weighted by Crippen LogP contribution is 2.62. The van der Waals surface area contributed by atoms with Gasteiger partial charge >= 0.3 is 5.97 Å². The molecular formula is C25H32F2N2O4. The van der Waals surface area contributed by atoms with Crippen molar-refractivity contribution < 1.29 is 27.9 Å². The molecule has 1 N–H and O–H groups in total. The van der Waals surface area contributed by atoms with Gasteiger partial charge in [-0.2, -0.15) is 0 Å². The summed E-state index contributed by atoms with van der Waals surface area (Å²) in [6, 6.07) is 6.37. The third-order valence-electron chi connectivity index (χ3n) is 7.43. The van der Waals surface area contributed by atoms with Crippen LogP contribution in [0.15, 0.2) is 24.3 Å². The molecule has 8 heteroatoms. The molecule has 1 aliphatic carbocycles. The number of alkyl halides is 2. The van der Waals surface area contributed by atoms with Crippen molar-refractivity contribution in [3.63, 3.8) is 0 Å². The van der Waals surface area contributed by atoms with Gasteiger partial charge in [-0.1, -0.05) is 45.2 Å². The Morgan fingerprint density at radius 2 is 1.82 bits per heavy atom. The van der Waals surface area contributed by atoms with Gasteiger partial charge < -0.3 is 10.1 Å². The molecule has 180 valence electrons.